The van der Waals surface area contributed by atoms with E-state index in [0.717, 1.165) is 30.7 Å². The molecule has 1 N–H and O–H groups in total. The molecule has 0 bridgehead atoms. The maximum absolute atomic E-state index is 13.2. The number of morpholine rings is 1. The molecule has 8 nitrogen and oxygen atoms in total. The molecule has 2 aromatic rings. The number of hydrogen-bond acceptors (Lipinski definition) is 5. The molecule has 1 unspecified atom stereocenters. The first-order chi connectivity index (χ1) is 15.6. The number of aryl methyl sites for hydroxylation is 3. The highest BCUT2D eigenvalue weighted by atomic mass is 16.5. The quantitative estimate of drug-likeness (QED) is 0.790. The molecular weight excluding hydrogens is 408 g/mol. The Bertz CT molecular complexity index is 944. The smallest absolute Gasteiger partial charge is 0.254 e. The lowest BCUT2D eigenvalue weighted by molar-refractivity contribution is -0.168. The van der Waals surface area contributed by atoms with E-state index in [-0.39, 0.29) is 18.4 Å². The minimum absolute atomic E-state index is 0.0266. The molecule has 8 heteroatoms. The fourth-order valence-electron chi connectivity index (χ4n) is 4.46. The van der Waals surface area contributed by atoms with Crippen molar-refractivity contribution in [1.82, 2.24) is 20.0 Å². The van der Waals surface area contributed by atoms with Crippen molar-refractivity contribution in [2.45, 2.75) is 51.2 Å². The van der Waals surface area contributed by atoms with Gasteiger partial charge in [-0.2, -0.15) is 5.10 Å². The molecule has 0 saturated carbocycles. The Morgan fingerprint density at radius 3 is 2.94 bits per heavy atom. The summed E-state index contributed by atoms with van der Waals surface area (Å²) in [7, 11) is 0. The first-order valence-electron chi connectivity index (χ1n) is 11.5. The molecule has 4 rings (SSSR count). The lowest BCUT2D eigenvalue weighted by Gasteiger charge is -2.42. The predicted molar refractivity (Wildman–Crippen MR) is 119 cm³/mol. The Morgan fingerprint density at radius 1 is 1.22 bits per heavy atom. The van der Waals surface area contributed by atoms with Crippen molar-refractivity contribution in [3.05, 3.63) is 47.8 Å². The molecule has 1 saturated heterocycles. The van der Waals surface area contributed by atoms with Gasteiger partial charge in [-0.1, -0.05) is 18.2 Å². The average molecular weight is 441 g/mol. The number of para-hydroxylation sites is 1. The van der Waals surface area contributed by atoms with Crippen LogP contribution in [0.4, 0.5) is 0 Å². The summed E-state index contributed by atoms with van der Waals surface area (Å²) < 4.78 is 13.8. The van der Waals surface area contributed by atoms with E-state index in [4.69, 9.17) is 9.47 Å². The van der Waals surface area contributed by atoms with Gasteiger partial charge in [-0.25, -0.2) is 0 Å². The third-order valence-electron chi connectivity index (χ3n) is 6.31. The predicted octanol–water partition coefficient (Wildman–Crippen LogP) is 2.10. The normalized spacial score (nSPS) is 22.3. The van der Waals surface area contributed by atoms with Crippen LogP contribution in [0.5, 0.6) is 5.75 Å². The van der Waals surface area contributed by atoms with Gasteiger partial charge in [-0.15, -0.1) is 0 Å². The first-order valence-corrected chi connectivity index (χ1v) is 11.5. The van der Waals surface area contributed by atoms with Crippen LogP contribution in [-0.2, 0) is 27.3 Å². The van der Waals surface area contributed by atoms with Crippen molar-refractivity contribution >= 4 is 11.8 Å². The van der Waals surface area contributed by atoms with Gasteiger partial charge in [0.1, 0.15) is 12.4 Å². The second-order valence-corrected chi connectivity index (χ2v) is 8.52. The van der Waals surface area contributed by atoms with Crippen LogP contribution in [0.2, 0.25) is 0 Å². The zero-order valence-corrected chi connectivity index (χ0v) is 18.7. The number of ether oxygens (including phenoxy) is 2. The van der Waals surface area contributed by atoms with E-state index >= 15 is 0 Å². The monoisotopic (exact) mass is 440 g/mol. The van der Waals surface area contributed by atoms with Gasteiger partial charge < -0.3 is 19.7 Å². The summed E-state index contributed by atoms with van der Waals surface area (Å²) in [5.74, 6) is 0.754. The molecule has 1 fully saturated rings. The molecule has 0 aliphatic carbocycles. The van der Waals surface area contributed by atoms with Gasteiger partial charge in [0.15, 0.2) is 5.60 Å². The second kappa shape index (κ2) is 10.2. The fraction of sp³-hybridized carbons (Fsp3) is 0.542. The summed E-state index contributed by atoms with van der Waals surface area (Å²) in [5, 5.41) is 7.22. The number of carbonyl (C=O) groups is 2. The average Bonchev–Trinajstić information content (AvgIpc) is 3.22. The Morgan fingerprint density at radius 2 is 2.09 bits per heavy atom. The third-order valence-corrected chi connectivity index (χ3v) is 6.31. The highest BCUT2D eigenvalue weighted by Crippen LogP contribution is 2.28. The van der Waals surface area contributed by atoms with Crippen LogP contribution < -0.4 is 10.1 Å². The van der Waals surface area contributed by atoms with E-state index in [1.807, 2.05) is 35.9 Å². The van der Waals surface area contributed by atoms with E-state index in [1.165, 1.54) is 5.56 Å². The number of aromatic nitrogens is 2. The molecule has 2 aliphatic heterocycles. The van der Waals surface area contributed by atoms with Gasteiger partial charge in [-0.05, 0) is 50.3 Å². The van der Waals surface area contributed by atoms with Gasteiger partial charge in [0.25, 0.3) is 5.91 Å². The molecule has 1 spiro atoms. The maximum Gasteiger partial charge on any atom is 0.254 e. The summed E-state index contributed by atoms with van der Waals surface area (Å²) in [5.41, 5.74) is 1.20. The van der Waals surface area contributed by atoms with Crippen LogP contribution in [0.3, 0.4) is 0 Å². The van der Waals surface area contributed by atoms with E-state index in [9.17, 15) is 9.59 Å². The molecular formula is C24H32N4O4. The fourth-order valence-corrected chi connectivity index (χ4v) is 4.46. The van der Waals surface area contributed by atoms with Crippen molar-refractivity contribution < 1.29 is 19.1 Å². The number of amides is 2. The zero-order valence-electron chi connectivity index (χ0n) is 18.7. The van der Waals surface area contributed by atoms with Crippen LogP contribution in [0.25, 0.3) is 0 Å². The minimum Gasteiger partial charge on any atom is -0.491 e. The van der Waals surface area contributed by atoms with Crippen molar-refractivity contribution in [2.24, 2.45) is 0 Å². The molecule has 1 atom stereocenters. The minimum atomic E-state index is -1.01. The summed E-state index contributed by atoms with van der Waals surface area (Å²) in [4.78, 5) is 27.9. The van der Waals surface area contributed by atoms with E-state index in [2.05, 4.69) is 16.5 Å². The highest BCUT2D eigenvalue weighted by Gasteiger charge is 2.44. The number of nitrogens with one attached hydrogen (secondary N) is 1. The molecule has 1 aromatic heterocycles. The Hall–Kier alpha value is -2.87. The Balaban J connectivity index is 1.41. The van der Waals surface area contributed by atoms with Crippen LogP contribution in [0, 0.1) is 6.92 Å². The van der Waals surface area contributed by atoms with Gasteiger partial charge in [-0.3, -0.25) is 14.3 Å². The van der Waals surface area contributed by atoms with Crippen LogP contribution in [0.1, 0.15) is 36.9 Å². The van der Waals surface area contributed by atoms with Crippen molar-refractivity contribution in [2.75, 3.05) is 32.8 Å². The SMILES string of the molecule is Cc1ccnn1CCC(=O)N1CCOC2(CCCCc3ccccc3OCCNC2=O)C1. The molecule has 2 aliphatic rings. The lowest BCUT2D eigenvalue weighted by atomic mass is 9.91. The number of benzene rings is 1. The van der Waals surface area contributed by atoms with Crippen LogP contribution >= 0.6 is 0 Å². The zero-order chi connectivity index (χ0) is 22.4. The van der Waals surface area contributed by atoms with E-state index in [0.29, 0.717) is 45.7 Å². The first kappa shape index (κ1) is 22.3. The molecule has 0 radical (unpaired) electrons. The standard InChI is InChI=1S/C24H32N4O4/c1-19-9-12-26-28(19)14-10-22(29)27-15-17-32-24(18-27)11-5-4-7-20-6-2-3-8-21(20)31-16-13-25-23(24)30/h2-3,6,8-9,12H,4-5,7,10-11,13-18H2,1H3,(H,25,30). The topological polar surface area (TPSA) is 85.7 Å². The highest BCUT2D eigenvalue weighted by molar-refractivity contribution is 5.87. The maximum atomic E-state index is 13.2. The van der Waals surface area contributed by atoms with Crippen molar-refractivity contribution in [1.29, 1.82) is 0 Å². The summed E-state index contributed by atoms with van der Waals surface area (Å²) in [6.45, 7) is 4.44. The number of fused-ring (bicyclic) bond motifs is 1. The molecule has 32 heavy (non-hydrogen) atoms. The van der Waals surface area contributed by atoms with Gasteiger partial charge in [0, 0.05) is 31.4 Å². The summed E-state index contributed by atoms with van der Waals surface area (Å²) >= 11 is 0. The third kappa shape index (κ3) is 5.12. The van der Waals surface area contributed by atoms with Gasteiger partial charge in [0.2, 0.25) is 5.91 Å². The summed E-state index contributed by atoms with van der Waals surface area (Å²) in [6.07, 6.45) is 5.32. The van der Waals surface area contributed by atoms with Crippen LogP contribution in [-0.4, -0.2) is 64.9 Å². The van der Waals surface area contributed by atoms with Gasteiger partial charge >= 0.3 is 0 Å². The molecule has 3 heterocycles. The Kier molecular flexibility index (Phi) is 7.09. The molecule has 2 amide bonds. The number of carbonyl (C=O) groups excluding carboxylic acids is 2. The van der Waals surface area contributed by atoms with Crippen LogP contribution in [0.15, 0.2) is 36.5 Å². The molecule has 1 aromatic carbocycles. The number of hydrogen-bond donors (Lipinski definition) is 1. The number of nitrogens with zero attached hydrogens (tertiary/aromatic N) is 3. The van der Waals surface area contributed by atoms with Crippen molar-refractivity contribution in [3.63, 3.8) is 0 Å². The Labute approximate surface area is 188 Å². The van der Waals surface area contributed by atoms with E-state index in [1.54, 1.807) is 11.1 Å². The van der Waals surface area contributed by atoms with Crippen molar-refractivity contribution in [3.8, 4) is 5.75 Å². The largest absolute Gasteiger partial charge is 0.491 e. The second-order valence-electron chi connectivity index (χ2n) is 8.52. The number of rotatable bonds is 3. The summed E-state index contributed by atoms with van der Waals surface area (Å²) in [6, 6.07) is 9.98. The lowest BCUT2D eigenvalue weighted by Crippen LogP contribution is -2.61. The van der Waals surface area contributed by atoms with E-state index < -0.39 is 5.60 Å². The van der Waals surface area contributed by atoms with Gasteiger partial charge in [0.05, 0.1) is 19.7 Å². The molecule has 172 valence electrons.